The first kappa shape index (κ1) is 50.5. The molecule has 4 N–H and O–H groups in total. The molecule has 0 radical (unpaired) electrons. The molecule has 0 saturated heterocycles. The van der Waals surface area contributed by atoms with E-state index in [1.54, 1.807) is 6.08 Å². The van der Waals surface area contributed by atoms with Crippen molar-refractivity contribution in [3.05, 3.63) is 36.5 Å². The second kappa shape index (κ2) is 37.8. The summed E-state index contributed by atoms with van der Waals surface area (Å²) in [5, 5.41) is 23.4. The van der Waals surface area contributed by atoms with Crippen molar-refractivity contribution in [1.29, 1.82) is 0 Å². The van der Waals surface area contributed by atoms with Gasteiger partial charge in [0, 0.05) is 0 Å². The van der Waals surface area contributed by atoms with Gasteiger partial charge in [0.1, 0.15) is 6.10 Å². The van der Waals surface area contributed by atoms with E-state index < -0.39 is 40.0 Å². The zero-order chi connectivity index (χ0) is 38.4. The number of allylic oxidation sites excluding steroid dienone is 5. The van der Waals surface area contributed by atoms with E-state index in [0.717, 1.165) is 64.2 Å². The molecular weight excluding hydrogens is 671 g/mol. The Morgan fingerprint density at radius 3 is 1.35 bits per heavy atom. The maximum Gasteiger partial charge on any atom is 0.267 e. The molecule has 3 atom stereocenters. The normalized spacial score (nSPS) is 14.2. The van der Waals surface area contributed by atoms with Crippen LogP contribution in [0.2, 0.25) is 0 Å². The molecule has 3 unspecified atom stereocenters. The quantitative estimate of drug-likeness (QED) is 0.0281. The topological polar surface area (TPSA) is 124 Å². The molecule has 0 rings (SSSR count). The molecule has 0 aliphatic carbocycles. The van der Waals surface area contributed by atoms with Crippen LogP contribution >= 0.6 is 0 Å². The van der Waals surface area contributed by atoms with Crippen LogP contribution in [0.25, 0.3) is 0 Å². The molecule has 7 nitrogen and oxygen atoms in total. The van der Waals surface area contributed by atoms with Gasteiger partial charge in [-0.1, -0.05) is 198 Å². The number of rotatable bonds is 39. The zero-order valence-corrected chi connectivity index (χ0v) is 34.6. The van der Waals surface area contributed by atoms with Crippen molar-refractivity contribution < 1.29 is 28.0 Å². The lowest BCUT2D eigenvalue weighted by Crippen LogP contribution is -2.50. The summed E-state index contributed by atoms with van der Waals surface area (Å²) in [6, 6.07) is -1.24. The highest BCUT2D eigenvalue weighted by atomic mass is 32.2. The van der Waals surface area contributed by atoms with Crippen LogP contribution in [0.5, 0.6) is 0 Å². The van der Waals surface area contributed by atoms with Gasteiger partial charge in [0.05, 0.1) is 17.9 Å². The van der Waals surface area contributed by atoms with Gasteiger partial charge in [0.15, 0.2) is 0 Å². The molecule has 0 aromatic heterocycles. The van der Waals surface area contributed by atoms with Crippen LogP contribution in [0.1, 0.15) is 213 Å². The van der Waals surface area contributed by atoms with E-state index in [-0.39, 0.29) is 6.42 Å². The van der Waals surface area contributed by atoms with Crippen LogP contribution < -0.4 is 5.32 Å². The first-order valence-corrected chi connectivity index (χ1v) is 23.4. The highest BCUT2D eigenvalue weighted by molar-refractivity contribution is 7.85. The Morgan fingerprint density at radius 1 is 0.538 bits per heavy atom. The van der Waals surface area contributed by atoms with E-state index in [9.17, 15) is 28.0 Å². The average Bonchev–Trinajstić information content (AvgIpc) is 3.11. The standard InChI is InChI=1S/C44H83NO6S/c1-3-5-7-9-11-13-15-17-19-21-22-23-25-26-28-30-32-34-36-38-42(46)41(40-52(49,50)51)45-44(48)43(47)39-37-35-33-31-29-27-24-20-18-16-14-12-10-8-6-4-2/h12,14,18,20,36,38,41-43,46-47H,3-11,13,15-17,19,21-35,37,39-40H2,1-2H3,(H,45,48)(H,49,50,51)/b14-12-,20-18-,38-36+. The van der Waals surface area contributed by atoms with Crippen LogP contribution in [0, 0.1) is 0 Å². The number of carbonyl (C=O) groups excluding carboxylic acids is 1. The van der Waals surface area contributed by atoms with Gasteiger partial charge in [-0.15, -0.1) is 0 Å². The van der Waals surface area contributed by atoms with Crippen molar-refractivity contribution in [1.82, 2.24) is 5.32 Å². The van der Waals surface area contributed by atoms with Gasteiger partial charge in [-0.2, -0.15) is 8.42 Å². The molecule has 1 amide bonds. The highest BCUT2D eigenvalue weighted by Crippen LogP contribution is 2.15. The Morgan fingerprint density at radius 2 is 0.904 bits per heavy atom. The number of hydrogen-bond donors (Lipinski definition) is 4. The van der Waals surface area contributed by atoms with Crippen molar-refractivity contribution in [2.45, 2.75) is 231 Å². The lowest BCUT2D eigenvalue weighted by atomic mass is 10.0. The first-order chi connectivity index (χ1) is 25.2. The summed E-state index contributed by atoms with van der Waals surface area (Å²) in [6.45, 7) is 4.49. The second-order valence-electron chi connectivity index (χ2n) is 15.1. The van der Waals surface area contributed by atoms with E-state index in [1.165, 1.54) is 128 Å². The van der Waals surface area contributed by atoms with Crippen LogP contribution in [0.4, 0.5) is 0 Å². The number of carbonyl (C=O) groups is 1. The van der Waals surface area contributed by atoms with E-state index in [2.05, 4.69) is 43.5 Å². The SMILES string of the molecule is CCCCC/C=C\C/C=C\CCCCCCCCC(O)C(=O)NC(CS(=O)(=O)O)C(O)/C=C/CCCCCCCCCCCCCCCCCCC. The monoisotopic (exact) mass is 754 g/mol. The largest absolute Gasteiger partial charge is 0.387 e. The minimum Gasteiger partial charge on any atom is -0.387 e. The van der Waals surface area contributed by atoms with Gasteiger partial charge in [0.25, 0.3) is 10.1 Å². The summed E-state index contributed by atoms with van der Waals surface area (Å²) in [6.07, 6.45) is 46.2. The van der Waals surface area contributed by atoms with Crippen molar-refractivity contribution in [2.75, 3.05) is 5.75 Å². The molecule has 0 saturated carbocycles. The molecule has 0 fully saturated rings. The average molecular weight is 754 g/mol. The molecule has 0 aliphatic heterocycles. The van der Waals surface area contributed by atoms with Gasteiger partial charge in [-0.3, -0.25) is 9.35 Å². The van der Waals surface area contributed by atoms with Crippen LogP contribution in [-0.2, 0) is 14.9 Å². The number of aliphatic hydroxyl groups excluding tert-OH is 2. The van der Waals surface area contributed by atoms with E-state index in [4.69, 9.17) is 0 Å². The van der Waals surface area contributed by atoms with Crippen LogP contribution in [0.15, 0.2) is 36.5 Å². The molecule has 0 bridgehead atoms. The maximum atomic E-state index is 12.6. The number of nitrogens with one attached hydrogen (secondary N) is 1. The molecule has 0 heterocycles. The van der Waals surface area contributed by atoms with Crippen LogP contribution in [0.3, 0.4) is 0 Å². The molecule has 8 heteroatoms. The predicted molar refractivity (Wildman–Crippen MR) is 222 cm³/mol. The van der Waals surface area contributed by atoms with E-state index >= 15 is 0 Å². The molecule has 0 aliphatic rings. The molecule has 0 aromatic carbocycles. The maximum absolute atomic E-state index is 12.6. The van der Waals surface area contributed by atoms with Crippen LogP contribution in [-0.4, -0.2) is 53.1 Å². The summed E-state index contributed by atoms with van der Waals surface area (Å²) in [5.41, 5.74) is 0. The minimum absolute atomic E-state index is 0.268. The molecule has 0 aromatic rings. The minimum atomic E-state index is -4.45. The van der Waals surface area contributed by atoms with Crippen molar-refractivity contribution in [2.24, 2.45) is 0 Å². The fourth-order valence-corrected chi connectivity index (χ4v) is 7.28. The lowest BCUT2D eigenvalue weighted by molar-refractivity contribution is -0.130. The molecule has 306 valence electrons. The number of hydrogen-bond acceptors (Lipinski definition) is 5. The molecule has 52 heavy (non-hydrogen) atoms. The van der Waals surface area contributed by atoms with E-state index in [1.807, 2.05) is 0 Å². The first-order valence-electron chi connectivity index (χ1n) is 21.8. The van der Waals surface area contributed by atoms with Gasteiger partial charge in [-0.25, -0.2) is 0 Å². The fourth-order valence-electron chi connectivity index (χ4n) is 6.55. The summed E-state index contributed by atoms with van der Waals surface area (Å²) in [4.78, 5) is 12.6. The summed E-state index contributed by atoms with van der Waals surface area (Å²) < 4.78 is 32.6. The number of amides is 1. The van der Waals surface area contributed by atoms with Gasteiger partial charge >= 0.3 is 0 Å². The van der Waals surface area contributed by atoms with Gasteiger partial charge in [-0.05, 0) is 51.4 Å². The number of aliphatic hydroxyl groups is 2. The third-order valence-corrected chi connectivity index (χ3v) is 10.7. The second-order valence-corrected chi connectivity index (χ2v) is 16.6. The predicted octanol–water partition coefficient (Wildman–Crippen LogP) is 11.9. The molecular formula is C44H83NO6S. The fraction of sp³-hybridized carbons (Fsp3) is 0.841. The van der Waals surface area contributed by atoms with Crippen molar-refractivity contribution in [3.63, 3.8) is 0 Å². The smallest absolute Gasteiger partial charge is 0.267 e. The summed E-state index contributed by atoms with van der Waals surface area (Å²) in [7, 11) is -4.45. The van der Waals surface area contributed by atoms with Gasteiger partial charge < -0.3 is 15.5 Å². The van der Waals surface area contributed by atoms with Gasteiger partial charge in [0.2, 0.25) is 5.91 Å². The number of unbranched alkanes of at least 4 members (excludes halogenated alkanes) is 26. The zero-order valence-electron chi connectivity index (χ0n) is 33.8. The Balaban J connectivity index is 4.02. The Bertz CT molecular complexity index is 979. The molecule has 0 spiro atoms. The third kappa shape index (κ3) is 36.9. The van der Waals surface area contributed by atoms with Crippen molar-refractivity contribution in [3.8, 4) is 0 Å². The third-order valence-electron chi connectivity index (χ3n) is 9.92. The Labute approximate surface area is 321 Å². The van der Waals surface area contributed by atoms with E-state index in [0.29, 0.717) is 6.42 Å². The Hall–Kier alpha value is -1.48. The lowest BCUT2D eigenvalue weighted by Gasteiger charge is -2.22. The van der Waals surface area contributed by atoms with Crippen molar-refractivity contribution >= 4 is 16.0 Å². The highest BCUT2D eigenvalue weighted by Gasteiger charge is 2.27. The summed E-state index contributed by atoms with van der Waals surface area (Å²) >= 11 is 0. The summed E-state index contributed by atoms with van der Waals surface area (Å²) in [5.74, 6) is -1.54. The Kier molecular flexibility index (Phi) is 36.7.